The summed E-state index contributed by atoms with van der Waals surface area (Å²) < 4.78 is 4.93. The molecule has 1 saturated heterocycles. The molecule has 1 aliphatic heterocycles. The fraction of sp³-hybridized carbons (Fsp3) is 0.636. The second-order valence-corrected chi connectivity index (χ2v) is 4.22. The highest BCUT2D eigenvalue weighted by Gasteiger charge is 2.60. The van der Waals surface area contributed by atoms with Crippen molar-refractivity contribution in [1.29, 1.82) is 0 Å². The summed E-state index contributed by atoms with van der Waals surface area (Å²) in [7, 11) is 0. The van der Waals surface area contributed by atoms with Crippen LogP contribution in [0.4, 0.5) is 4.79 Å². The minimum absolute atomic E-state index is 0.127. The van der Waals surface area contributed by atoms with Gasteiger partial charge in [0.25, 0.3) is 0 Å². The van der Waals surface area contributed by atoms with Gasteiger partial charge in [0, 0.05) is 6.54 Å². The van der Waals surface area contributed by atoms with Crippen molar-refractivity contribution in [2.75, 3.05) is 13.2 Å². The molecule has 1 saturated carbocycles. The third-order valence-electron chi connectivity index (χ3n) is 3.27. The van der Waals surface area contributed by atoms with Gasteiger partial charge in [-0.1, -0.05) is 12.7 Å². The first-order valence-electron chi connectivity index (χ1n) is 5.44. The van der Waals surface area contributed by atoms with Crippen molar-refractivity contribution in [3.8, 4) is 0 Å². The summed E-state index contributed by atoms with van der Waals surface area (Å²) in [5, 5.41) is 8.96. The van der Waals surface area contributed by atoms with E-state index in [1.165, 1.54) is 6.08 Å². The SMILES string of the molecule is C=CCOC(=O)N1CCC[C@@H]2[C@@H](C(=O)O)[C@@H]21. The normalized spacial score (nSPS) is 31.5. The zero-order chi connectivity index (χ0) is 11.7. The number of piperidine rings is 1. The molecule has 2 fully saturated rings. The number of carbonyl (C=O) groups is 2. The molecule has 0 aromatic rings. The van der Waals surface area contributed by atoms with Gasteiger partial charge in [0.15, 0.2) is 0 Å². The standard InChI is InChI=1S/C11H15NO4/c1-2-6-16-11(15)12-5-3-4-7-8(9(7)12)10(13)14/h2,7-9H,1,3-6H2,(H,13,14)/t7-,8-,9-/m1/s1. The zero-order valence-corrected chi connectivity index (χ0v) is 8.96. The number of carboxylic acids is 1. The summed E-state index contributed by atoms with van der Waals surface area (Å²) in [6.07, 6.45) is 2.83. The molecule has 5 heteroatoms. The van der Waals surface area contributed by atoms with Crippen molar-refractivity contribution in [2.24, 2.45) is 11.8 Å². The van der Waals surface area contributed by atoms with Gasteiger partial charge in [0.2, 0.25) is 0 Å². The maximum atomic E-state index is 11.6. The molecule has 5 nitrogen and oxygen atoms in total. The van der Waals surface area contributed by atoms with Crippen LogP contribution >= 0.6 is 0 Å². The van der Waals surface area contributed by atoms with Crippen LogP contribution in [0, 0.1) is 11.8 Å². The topological polar surface area (TPSA) is 66.8 Å². The third kappa shape index (κ3) is 1.77. The van der Waals surface area contributed by atoms with E-state index >= 15 is 0 Å². The second kappa shape index (κ2) is 4.15. The number of ether oxygens (including phenoxy) is 1. The maximum Gasteiger partial charge on any atom is 0.410 e. The summed E-state index contributed by atoms with van der Waals surface area (Å²) >= 11 is 0. The number of hydrogen-bond donors (Lipinski definition) is 1. The molecular weight excluding hydrogens is 210 g/mol. The van der Waals surface area contributed by atoms with Gasteiger partial charge in [-0.05, 0) is 18.8 Å². The van der Waals surface area contributed by atoms with Crippen molar-refractivity contribution in [3.05, 3.63) is 12.7 Å². The van der Waals surface area contributed by atoms with Crippen LogP contribution in [-0.4, -0.2) is 41.3 Å². The number of fused-ring (bicyclic) bond motifs is 1. The molecule has 0 radical (unpaired) electrons. The van der Waals surface area contributed by atoms with Crippen molar-refractivity contribution in [3.63, 3.8) is 0 Å². The van der Waals surface area contributed by atoms with E-state index in [1.807, 2.05) is 0 Å². The molecule has 88 valence electrons. The van der Waals surface area contributed by atoms with Gasteiger partial charge < -0.3 is 14.7 Å². The molecule has 0 aromatic carbocycles. The predicted octanol–water partition coefficient (Wildman–Crippen LogP) is 1.10. The molecule has 0 spiro atoms. The second-order valence-electron chi connectivity index (χ2n) is 4.22. The molecular formula is C11H15NO4. The highest BCUT2D eigenvalue weighted by Crippen LogP contribution is 2.49. The van der Waals surface area contributed by atoms with Crippen molar-refractivity contribution in [2.45, 2.75) is 18.9 Å². The number of amides is 1. The summed E-state index contributed by atoms with van der Waals surface area (Å²) in [5.74, 6) is -1.07. The highest BCUT2D eigenvalue weighted by atomic mass is 16.6. The van der Waals surface area contributed by atoms with Gasteiger partial charge in [-0.25, -0.2) is 4.79 Å². The Morgan fingerprint density at radius 3 is 2.94 bits per heavy atom. The quantitative estimate of drug-likeness (QED) is 0.730. The van der Waals surface area contributed by atoms with E-state index in [2.05, 4.69) is 6.58 Å². The van der Waals surface area contributed by atoms with E-state index in [0.717, 1.165) is 12.8 Å². The first kappa shape index (κ1) is 11.0. The van der Waals surface area contributed by atoms with Crippen LogP contribution in [0.2, 0.25) is 0 Å². The van der Waals surface area contributed by atoms with Crippen LogP contribution in [0.5, 0.6) is 0 Å². The Kier molecular flexibility index (Phi) is 2.85. The molecule has 1 amide bonds. The van der Waals surface area contributed by atoms with E-state index in [9.17, 15) is 9.59 Å². The summed E-state index contributed by atoms with van der Waals surface area (Å²) in [6.45, 7) is 4.23. The molecule has 0 aromatic heterocycles. The number of carbonyl (C=O) groups excluding carboxylic acids is 1. The Morgan fingerprint density at radius 2 is 2.31 bits per heavy atom. The molecule has 2 rings (SSSR count). The first-order valence-corrected chi connectivity index (χ1v) is 5.44. The number of carboxylic acid groups (broad SMARTS) is 1. The van der Waals surface area contributed by atoms with Gasteiger partial charge in [0.1, 0.15) is 6.61 Å². The monoisotopic (exact) mass is 225 g/mol. The van der Waals surface area contributed by atoms with E-state index in [0.29, 0.717) is 6.54 Å². The molecule has 2 aliphatic rings. The lowest BCUT2D eigenvalue weighted by Crippen LogP contribution is -2.38. The summed E-state index contributed by atoms with van der Waals surface area (Å²) in [5.41, 5.74) is 0. The zero-order valence-electron chi connectivity index (χ0n) is 8.96. The average molecular weight is 225 g/mol. The Bertz CT molecular complexity index is 328. The molecule has 1 N–H and O–H groups in total. The van der Waals surface area contributed by atoms with E-state index < -0.39 is 18.0 Å². The van der Waals surface area contributed by atoms with Crippen LogP contribution in [0.1, 0.15) is 12.8 Å². The Balaban J connectivity index is 1.97. The molecule has 0 unspecified atom stereocenters. The first-order chi connectivity index (χ1) is 7.66. The summed E-state index contributed by atoms with van der Waals surface area (Å²) in [4.78, 5) is 24.1. The van der Waals surface area contributed by atoms with E-state index in [1.54, 1.807) is 4.90 Å². The molecule has 3 atom stereocenters. The summed E-state index contributed by atoms with van der Waals surface area (Å²) in [6, 6.07) is -0.149. The van der Waals surface area contributed by atoms with Crippen LogP contribution < -0.4 is 0 Å². The lowest BCUT2D eigenvalue weighted by Gasteiger charge is -2.25. The number of nitrogens with zero attached hydrogens (tertiary/aromatic N) is 1. The number of rotatable bonds is 3. The van der Waals surface area contributed by atoms with Gasteiger partial charge in [0.05, 0.1) is 12.0 Å². The Hall–Kier alpha value is -1.52. The molecule has 16 heavy (non-hydrogen) atoms. The molecule has 0 bridgehead atoms. The molecule has 1 aliphatic carbocycles. The minimum atomic E-state index is -0.807. The van der Waals surface area contributed by atoms with Crippen molar-refractivity contribution < 1.29 is 19.4 Å². The number of hydrogen-bond acceptors (Lipinski definition) is 3. The van der Waals surface area contributed by atoms with E-state index in [-0.39, 0.29) is 18.6 Å². The minimum Gasteiger partial charge on any atom is -0.481 e. The van der Waals surface area contributed by atoms with Gasteiger partial charge in [-0.2, -0.15) is 0 Å². The largest absolute Gasteiger partial charge is 0.481 e. The Morgan fingerprint density at radius 1 is 1.56 bits per heavy atom. The maximum absolute atomic E-state index is 11.6. The van der Waals surface area contributed by atoms with Crippen LogP contribution in [0.25, 0.3) is 0 Å². The number of aliphatic carboxylic acids is 1. The lowest BCUT2D eigenvalue weighted by molar-refractivity contribution is -0.139. The fourth-order valence-corrected chi connectivity index (χ4v) is 2.53. The van der Waals surface area contributed by atoms with Crippen LogP contribution in [0.3, 0.4) is 0 Å². The average Bonchev–Trinajstić information content (AvgIpc) is 2.99. The number of likely N-dealkylation sites (tertiary alicyclic amines) is 1. The Labute approximate surface area is 93.7 Å². The predicted molar refractivity (Wildman–Crippen MR) is 55.9 cm³/mol. The lowest BCUT2D eigenvalue weighted by atomic mass is 10.1. The highest BCUT2D eigenvalue weighted by molar-refractivity contribution is 5.78. The van der Waals surface area contributed by atoms with Crippen LogP contribution in [0.15, 0.2) is 12.7 Å². The van der Waals surface area contributed by atoms with E-state index in [4.69, 9.17) is 9.84 Å². The smallest absolute Gasteiger partial charge is 0.410 e. The van der Waals surface area contributed by atoms with Gasteiger partial charge >= 0.3 is 12.1 Å². The van der Waals surface area contributed by atoms with Crippen LogP contribution in [-0.2, 0) is 9.53 Å². The fourth-order valence-electron chi connectivity index (χ4n) is 2.53. The van der Waals surface area contributed by atoms with Gasteiger partial charge in [-0.15, -0.1) is 0 Å². The third-order valence-corrected chi connectivity index (χ3v) is 3.27. The molecule has 1 heterocycles. The van der Waals surface area contributed by atoms with Crippen molar-refractivity contribution in [1.82, 2.24) is 4.90 Å². The van der Waals surface area contributed by atoms with Crippen molar-refractivity contribution >= 4 is 12.1 Å². The van der Waals surface area contributed by atoms with Gasteiger partial charge in [-0.3, -0.25) is 4.79 Å².